The molecule has 0 saturated carbocycles. The number of sulfonamides is 1. The summed E-state index contributed by atoms with van der Waals surface area (Å²) in [6, 6.07) is 4.45. The highest BCUT2D eigenvalue weighted by molar-refractivity contribution is 7.89. The first-order valence-electron chi connectivity index (χ1n) is 5.55. The van der Waals surface area contributed by atoms with Crippen LogP contribution in [0.25, 0.3) is 0 Å². The molecule has 5 N–H and O–H groups in total. The van der Waals surface area contributed by atoms with Gasteiger partial charge in [0, 0.05) is 12.2 Å². The van der Waals surface area contributed by atoms with Crippen LogP contribution in [0.15, 0.2) is 23.1 Å². The Hall–Kier alpha value is -1.64. The van der Waals surface area contributed by atoms with Gasteiger partial charge in [-0.15, -0.1) is 0 Å². The van der Waals surface area contributed by atoms with E-state index in [4.69, 9.17) is 16.2 Å². The number of amides is 1. The van der Waals surface area contributed by atoms with Gasteiger partial charge in [0.25, 0.3) is 0 Å². The second-order valence-electron chi connectivity index (χ2n) is 3.94. The lowest BCUT2D eigenvalue weighted by atomic mass is 10.2. The molecular weight excluding hydrogens is 270 g/mol. The summed E-state index contributed by atoms with van der Waals surface area (Å²) in [6.07, 6.45) is 0. The number of hydrogen-bond acceptors (Lipinski definition) is 5. The van der Waals surface area contributed by atoms with Gasteiger partial charge < -0.3 is 16.2 Å². The zero-order valence-electron chi connectivity index (χ0n) is 10.5. The Balaban J connectivity index is 2.56. The summed E-state index contributed by atoms with van der Waals surface area (Å²) in [4.78, 5) is 10.5. The molecule has 1 aromatic carbocycles. The molecule has 19 heavy (non-hydrogen) atoms. The molecule has 0 unspecified atom stereocenters. The summed E-state index contributed by atoms with van der Waals surface area (Å²) >= 11 is 0. The van der Waals surface area contributed by atoms with Crippen molar-refractivity contribution >= 4 is 21.6 Å². The predicted molar refractivity (Wildman–Crippen MR) is 70.8 cm³/mol. The Bertz CT molecular complexity index is 557. The number of benzene rings is 1. The van der Waals surface area contributed by atoms with E-state index in [2.05, 4.69) is 4.72 Å². The zero-order valence-corrected chi connectivity index (χ0v) is 11.4. The van der Waals surface area contributed by atoms with Crippen molar-refractivity contribution in [3.05, 3.63) is 23.8 Å². The van der Waals surface area contributed by atoms with E-state index in [1.807, 2.05) is 0 Å². The number of primary amides is 1. The van der Waals surface area contributed by atoms with Crippen LogP contribution in [0.3, 0.4) is 0 Å². The summed E-state index contributed by atoms with van der Waals surface area (Å²) in [7, 11) is -3.60. The van der Waals surface area contributed by atoms with Crippen LogP contribution in [0, 0.1) is 6.92 Å². The van der Waals surface area contributed by atoms with Crippen molar-refractivity contribution in [2.45, 2.75) is 11.8 Å². The molecule has 0 aliphatic heterocycles. The molecule has 0 aliphatic rings. The van der Waals surface area contributed by atoms with Crippen molar-refractivity contribution in [3.63, 3.8) is 0 Å². The molecule has 0 atom stereocenters. The lowest BCUT2D eigenvalue weighted by molar-refractivity contribution is -0.122. The van der Waals surface area contributed by atoms with Gasteiger partial charge in [-0.2, -0.15) is 0 Å². The first-order chi connectivity index (χ1) is 8.83. The van der Waals surface area contributed by atoms with Crippen LogP contribution in [0.2, 0.25) is 0 Å². The van der Waals surface area contributed by atoms with E-state index in [0.717, 1.165) is 0 Å². The summed E-state index contributed by atoms with van der Waals surface area (Å²) in [5.41, 5.74) is 11.7. The number of anilines is 1. The van der Waals surface area contributed by atoms with Gasteiger partial charge >= 0.3 is 0 Å². The van der Waals surface area contributed by atoms with E-state index in [9.17, 15) is 13.2 Å². The molecule has 0 aliphatic carbocycles. The number of carbonyl (C=O) groups is 1. The molecule has 8 heteroatoms. The summed E-state index contributed by atoms with van der Waals surface area (Å²) in [5, 5.41) is 0. The Kier molecular flexibility index (Phi) is 5.28. The molecule has 0 aromatic heterocycles. The highest BCUT2D eigenvalue weighted by atomic mass is 32.2. The number of nitrogen functional groups attached to an aromatic ring is 1. The minimum absolute atomic E-state index is 0.0546. The molecule has 1 amide bonds. The number of nitrogens with two attached hydrogens (primary N) is 2. The van der Waals surface area contributed by atoms with Gasteiger partial charge in [-0.25, -0.2) is 13.1 Å². The van der Waals surface area contributed by atoms with Crippen molar-refractivity contribution in [3.8, 4) is 0 Å². The number of nitrogens with one attached hydrogen (secondary N) is 1. The van der Waals surface area contributed by atoms with E-state index in [1.54, 1.807) is 6.92 Å². The lowest BCUT2D eigenvalue weighted by Crippen LogP contribution is -2.29. The normalized spacial score (nSPS) is 11.4. The zero-order chi connectivity index (χ0) is 14.5. The van der Waals surface area contributed by atoms with Crippen molar-refractivity contribution in [2.24, 2.45) is 5.73 Å². The molecule has 7 nitrogen and oxygen atoms in total. The number of rotatable bonds is 7. The molecule has 0 fully saturated rings. The van der Waals surface area contributed by atoms with E-state index >= 15 is 0 Å². The molecule has 106 valence electrons. The third-order valence-electron chi connectivity index (χ3n) is 2.33. The quantitative estimate of drug-likeness (QED) is 0.454. The SMILES string of the molecule is Cc1cc(S(=O)(=O)NCCOCC(N)=O)ccc1N. The predicted octanol–water partition coefficient (Wildman–Crippen LogP) is -0.643. The number of ether oxygens (including phenoxy) is 1. The van der Waals surface area contributed by atoms with E-state index in [-0.39, 0.29) is 24.7 Å². The fourth-order valence-electron chi connectivity index (χ4n) is 1.32. The van der Waals surface area contributed by atoms with Gasteiger partial charge in [-0.05, 0) is 30.7 Å². The highest BCUT2D eigenvalue weighted by Gasteiger charge is 2.13. The van der Waals surface area contributed by atoms with Crippen LogP contribution in [-0.4, -0.2) is 34.1 Å². The van der Waals surface area contributed by atoms with Gasteiger partial charge in [0.2, 0.25) is 15.9 Å². The maximum Gasteiger partial charge on any atom is 0.243 e. The first kappa shape index (κ1) is 15.4. The summed E-state index contributed by atoms with van der Waals surface area (Å²) in [5.74, 6) is -0.600. The molecular formula is C11H17N3O4S. The van der Waals surface area contributed by atoms with Gasteiger partial charge in [-0.3, -0.25) is 4.79 Å². The van der Waals surface area contributed by atoms with Crippen LogP contribution in [0.5, 0.6) is 0 Å². The van der Waals surface area contributed by atoms with Crippen molar-refractivity contribution < 1.29 is 17.9 Å². The molecule has 1 rings (SSSR count). The molecule has 0 radical (unpaired) electrons. The third-order valence-corrected chi connectivity index (χ3v) is 3.79. The van der Waals surface area contributed by atoms with Crippen LogP contribution in [0.4, 0.5) is 5.69 Å². The molecule has 0 heterocycles. The topological polar surface area (TPSA) is 125 Å². The first-order valence-corrected chi connectivity index (χ1v) is 7.03. The second kappa shape index (κ2) is 6.50. The third kappa shape index (κ3) is 4.86. The number of aryl methyl sites for hydroxylation is 1. The van der Waals surface area contributed by atoms with E-state index < -0.39 is 15.9 Å². The highest BCUT2D eigenvalue weighted by Crippen LogP contribution is 2.16. The largest absolute Gasteiger partial charge is 0.399 e. The average Bonchev–Trinajstić information content (AvgIpc) is 2.31. The van der Waals surface area contributed by atoms with Crippen LogP contribution >= 0.6 is 0 Å². The molecule has 1 aromatic rings. The van der Waals surface area contributed by atoms with Gasteiger partial charge in [0.05, 0.1) is 11.5 Å². The Morgan fingerprint density at radius 3 is 2.68 bits per heavy atom. The Morgan fingerprint density at radius 2 is 2.11 bits per heavy atom. The van der Waals surface area contributed by atoms with Crippen molar-refractivity contribution in [2.75, 3.05) is 25.5 Å². The monoisotopic (exact) mass is 287 g/mol. The van der Waals surface area contributed by atoms with Crippen LogP contribution < -0.4 is 16.2 Å². The fraction of sp³-hybridized carbons (Fsp3) is 0.364. The van der Waals surface area contributed by atoms with Crippen molar-refractivity contribution in [1.29, 1.82) is 0 Å². The number of hydrogen-bond donors (Lipinski definition) is 3. The second-order valence-corrected chi connectivity index (χ2v) is 5.70. The Labute approximate surface area is 112 Å². The Morgan fingerprint density at radius 1 is 1.42 bits per heavy atom. The van der Waals surface area contributed by atoms with E-state index in [1.165, 1.54) is 18.2 Å². The number of carbonyl (C=O) groups excluding carboxylic acids is 1. The van der Waals surface area contributed by atoms with Gasteiger partial charge in [-0.1, -0.05) is 0 Å². The van der Waals surface area contributed by atoms with E-state index in [0.29, 0.717) is 11.3 Å². The molecule has 0 spiro atoms. The minimum atomic E-state index is -3.60. The fourth-order valence-corrected chi connectivity index (χ4v) is 2.42. The standard InChI is InChI=1S/C11H17N3O4S/c1-8-6-9(2-3-10(8)12)19(16,17)14-4-5-18-7-11(13)15/h2-3,6,14H,4-5,7,12H2,1H3,(H2,13,15). The van der Waals surface area contributed by atoms with Gasteiger partial charge in [0.1, 0.15) is 6.61 Å². The van der Waals surface area contributed by atoms with Crippen LogP contribution in [0.1, 0.15) is 5.56 Å². The van der Waals surface area contributed by atoms with Gasteiger partial charge in [0.15, 0.2) is 0 Å². The van der Waals surface area contributed by atoms with Crippen LogP contribution in [-0.2, 0) is 19.6 Å². The maximum atomic E-state index is 11.9. The average molecular weight is 287 g/mol. The summed E-state index contributed by atoms with van der Waals surface area (Å²) in [6.45, 7) is 1.61. The van der Waals surface area contributed by atoms with Crippen molar-refractivity contribution in [1.82, 2.24) is 4.72 Å². The summed E-state index contributed by atoms with van der Waals surface area (Å²) < 4.78 is 31.0. The lowest BCUT2D eigenvalue weighted by Gasteiger charge is -2.08. The maximum absolute atomic E-state index is 11.9. The molecule has 0 bridgehead atoms. The minimum Gasteiger partial charge on any atom is -0.399 e. The molecule has 0 saturated heterocycles. The smallest absolute Gasteiger partial charge is 0.243 e.